The summed E-state index contributed by atoms with van der Waals surface area (Å²) in [4.78, 5) is 4.42. The molecular formula is C15H19BrN2OS. The molecule has 0 amide bonds. The molecule has 0 aliphatic heterocycles. The van der Waals surface area contributed by atoms with Crippen LogP contribution in [-0.4, -0.2) is 11.0 Å². The van der Waals surface area contributed by atoms with E-state index < -0.39 is 0 Å². The Morgan fingerprint density at radius 2 is 2.15 bits per heavy atom. The topological polar surface area (TPSA) is 48.1 Å². The van der Waals surface area contributed by atoms with Crippen LogP contribution >= 0.6 is 27.3 Å². The monoisotopic (exact) mass is 354 g/mol. The van der Waals surface area contributed by atoms with Crippen molar-refractivity contribution in [2.24, 2.45) is 5.73 Å². The molecule has 2 rings (SSSR count). The van der Waals surface area contributed by atoms with Gasteiger partial charge in [0.2, 0.25) is 0 Å². The van der Waals surface area contributed by atoms with Gasteiger partial charge in [-0.3, -0.25) is 0 Å². The highest BCUT2D eigenvalue weighted by Crippen LogP contribution is 2.30. The van der Waals surface area contributed by atoms with Crippen LogP contribution in [0.4, 0.5) is 0 Å². The molecular weight excluding hydrogens is 336 g/mol. The number of halogens is 1. The molecule has 0 aliphatic rings. The van der Waals surface area contributed by atoms with E-state index >= 15 is 0 Å². The zero-order valence-corrected chi connectivity index (χ0v) is 14.3. The second-order valence-corrected chi connectivity index (χ2v) is 6.92. The van der Waals surface area contributed by atoms with Crippen molar-refractivity contribution < 1.29 is 4.74 Å². The summed E-state index contributed by atoms with van der Waals surface area (Å²) in [5, 5.41) is 3.03. The van der Waals surface area contributed by atoms with E-state index in [0.29, 0.717) is 6.61 Å². The Balaban J connectivity index is 2.20. The van der Waals surface area contributed by atoms with Gasteiger partial charge in [-0.15, -0.1) is 11.3 Å². The Hall–Kier alpha value is -0.910. The van der Waals surface area contributed by atoms with Crippen LogP contribution in [0.1, 0.15) is 28.8 Å². The van der Waals surface area contributed by atoms with Crippen LogP contribution in [-0.2, 0) is 13.0 Å². The molecule has 108 valence electrons. The summed E-state index contributed by atoms with van der Waals surface area (Å²) in [5.74, 6) is 0.929. The normalized spacial score (nSPS) is 12.4. The Morgan fingerprint density at radius 1 is 1.40 bits per heavy atom. The van der Waals surface area contributed by atoms with Gasteiger partial charge in [-0.2, -0.15) is 0 Å². The first-order valence-corrected chi connectivity index (χ1v) is 8.21. The van der Waals surface area contributed by atoms with Gasteiger partial charge in [-0.05, 0) is 50.5 Å². The maximum atomic E-state index is 5.99. The van der Waals surface area contributed by atoms with Gasteiger partial charge in [-0.1, -0.05) is 15.9 Å². The molecule has 1 heterocycles. The van der Waals surface area contributed by atoms with Crippen LogP contribution in [0.2, 0.25) is 0 Å². The Kier molecular flexibility index (Phi) is 5.18. The molecule has 0 fully saturated rings. The lowest BCUT2D eigenvalue weighted by atomic mass is 10.0. The highest BCUT2D eigenvalue weighted by atomic mass is 79.9. The lowest BCUT2D eigenvalue weighted by Gasteiger charge is -2.15. The van der Waals surface area contributed by atoms with Crippen molar-refractivity contribution in [3.8, 4) is 5.75 Å². The third-order valence-corrected chi connectivity index (χ3v) is 4.26. The van der Waals surface area contributed by atoms with Gasteiger partial charge in [0, 0.05) is 21.6 Å². The Labute approximate surface area is 132 Å². The number of rotatable bonds is 5. The minimum Gasteiger partial charge on any atom is -0.486 e. The SMILES string of the molecule is Cc1csc(COc2c(C)cc(Br)cc2CC(C)N)n1. The van der Waals surface area contributed by atoms with Crippen molar-refractivity contribution in [2.75, 3.05) is 0 Å². The van der Waals surface area contributed by atoms with Crippen molar-refractivity contribution in [3.05, 3.63) is 43.8 Å². The van der Waals surface area contributed by atoms with Crippen molar-refractivity contribution in [3.63, 3.8) is 0 Å². The maximum Gasteiger partial charge on any atom is 0.140 e. The molecule has 0 saturated heterocycles. The average Bonchev–Trinajstić information content (AvgIpc) is 2.73. The van der Waals surface area contributed by atoms with Crippen LogP contribution < -0.4 is 10.5 Å². The zero-order valence-electron chi connectivity index (χ0n) is 11.9. The molecule has 2 N–H and O–H groups in total. The van der Waals surface area contributed by atoms with Gasteiger partial charge in [-0.25, -0.2) is 4.98 Å². The van der Waals surface area contributed by atoms with E-state index in [9.17, 15) is 0 Å². The third kappa shape index (κ3) is 4.04. The van der Waals surface area contributed by atoms with Crippen molar-refractivity contribution >= 4 is 27.3 Å². The minimum atomic E-state index is 0.105. The number of hydrogen-bond donors (Lipinski definition) is 1. The number of benzene rings is 1. The smallest absolute Gasteiger partial charge is 0.140 e. The van der Waals surface area contributed by atoms with Gasteiger partial charge in [0.15, 0.2) is 0 Å². The number of aryl methyl sites for hydroxylation is 2. The van der Waals surface area contributed by atoms with E-state index in [1.807, 2.05) is 19.2 Å². The number of hydrogen-bond acceptors (Lipinski definition) is 4. The molecule has 1 atom stereocenters. The lowest BCUT2D eigenvalue weighted by Crippen LogP contribution is -2.18. The molecule has 1 aromatic heterocycles. The van der Waals surface area contributed by atoms with E-state index in [-0.39, 0.29) is 6.04 Å². The maximum absolute atomic E-state index is 5.99. The van der Waals surface area contributed by atoms with Crippen molar-refractivity contribution in [1.29, 1.82) is 0 Å². The summed E-state index contributed by atoms with van der Waals surface area (Å²) < 4.78 is 7.05. The molecule has 20 heavy (non-hydrogen) atoms. The minimum absolute atomic E-state index is 0.105. The van der Waals surface area contributed by atoms with Gasteiger partial charge in [0.1, 0.15) is 17.4 Å². The van der Waals surface area contributed by atoms with E-state index in [0.717, 1.165) is 38.5 Å². The van der Waals surface area contributed by atoms with Crippen LogP contribution in [0.25, 0.3) is 0 Å². The molecule has 0 aliphatic carbocycles. The molecule has 0 bridgehead atoms. The van der Waals surface area contributed by atoms with Gasteiger partial charge in [0.25, 0.3) is 0 Å². The van der Waals surface area contributed by atoms with Crippen molar-refractivity contribution in [1.82, 2.24) is 4.98 Å². The highest BCUT2D eigenvalue weighted by molar-refractivity contribution is 9.10. The molecule has 3 nitrogen and oxygen atoms in total. The number of nitrogens with zero attached hydrogens (tertiary/aromatic N) is 1. The first-order valence-electron chi connectivity index (χ1n) is 6.54. The fraction of sp³-hybridized carbons (Fsp3) is 0.400. The number of nitrogens with two attached hydrogens (primary N) is 1. The largest absolute Gasteiger partial charge is 0.486 e. The predicted octanol–water partition coefficient (Wildman–Crippen LogP) is 3.99. The molecule has 0 saturated carbocycles. The van der Waals surface area contributed by atoms with Crippen LogP contribution in [0.5, 0.6) is 5.75 Å². The number of thiazole rings is 1. The zero-order chi connectivity index (χ0) is 14.7. The standard InChI is InChI=1S/C15H19BrN2OS/c1-9-4-13(16)6-12(5-10(2)17)15(9)19-7-14-18-11(3)8-20-14/h4,6,8,10H,5,7,17H2,1-3H3. The summed E-state index contributed by atoms with van der Waals surface area (Å²) in [7, 11) is 0. The van der Waals surface area contributed by atoms with Crippen LogP contribution in [0, 0.1) is 13.8 Å². The molecule has 1 aromatic carbocycles. The van der Waals surface area contributed by atoms with Gasteiger partial charge >= 0.3 is 0 Å². The first kappa shape index (κ1) is 15.5. The Bertz CT molecular complexity index is 596. The highest BCUT2D eigenvalue weighted by Gasteiger charge is 2.12. The lowest BCUT2D eigenvalue weighted by molar-refractivity contribution is 0.299. The third-order valence-electron chi connectivity index (χ3n) is 2.86. The van der Waals surface area contributed by atoms with E-state index in [4.69, 9.17) is 10.5 Å². The second-order valence-electron chi connectivity index (χ2n) is 5.06. The van der Waals surface area contributed by atoms with E-state index in [2.05, 4.69) is 40.0 Å². The quantitative estimate of drug-likeness (QED) is 0.882. The fourth-order valence-electron chi connectivity index (χ4n) is 2.11. The predicted molar refractivity (Wildman–Crippen MR) is 87.4 cm³/mol. The number of ether oxygens (including phenoxy) is 1. The average molecular weight is 355 g/mol. The molecule has 1 unspecified atom stereocenters. The van der Waals surface area contributed by atoms with Gasteiger partial charge < -0.3 is 10.5 Å². The number of aromatic nitrogens is 1. The van der Waals surface area contributed by atoms with Crippen molar-refractivity contribution in [2.45, 2.75) is 39.8 Å². The summed E-state index contributed by atoms with van der Waals surface area (Å²) >= 11 is 5.16. The van der Waals surface area contributed by atoms with E-state index in [1.165, 1.54) is 0 Å². The van der Waals surface area contributed by atoms with Gasteiger partial charge in [0.05, 0.1) is 0 Å². The Morgan fingerprint density at radius 3 is 2.75 bits per heavy atom. The fourth-order valence-corrected chi connectivity index (χ4v) is 3.41. The summed E-state index contributed by atoms with van der Waals surface area (Å²) in [6.07, 6.45) is 0.798. The second kappa shape index (κ2) is 6.70. The molecule has 2 aromatic rings. The van der Waals surface area contributed by atoms with Crippen LogP contribution in [0.15, 0.2) is 22.0 Å². The summed E-state index contributed by atoms with van der Waals surface area (Å²) in [5.41, 5.74) is 9.21. The summed E-state index contributed by atoms with van der Waals surface area (Å²) in [6, 6.07) is 4.25. The molecule has 0 spiro atoms. The van der Waals surface area contributed by atoms with Crippen LogP contribution in [0.3, 0.4) is 0 Å². The summed E-state index contributed by atoms with van der Waals surface area (Å²) in [6.45, 7) is 6.56. The molecule has 5 heteroatoms. The first-order chi connectivity index (χ1) is 9.45. The van der Waals surface area contributed by atoms with E-state index in [1.54, 1.807) is 11.3 Å². The molecule has 0 radical (unpaired) electrons.